The molecule has 1 aromatic heterocycles. The summed E-state index contributed by atoms with van der Waals surface area (Å²) in [4.78, 5) is 16.4. The summed E-state index contributed by atoms with van der Waals surface area (Å²) < 4.78 is 5.29. The number of nitrogens with zero attached hydrogens (tertiary/aromatic N) is 2. The third-order valence-electron chi connectivity index (χ3n) is 5.02. The van der Waals surface area contributed by atoms with E-state index in [9.17, 15) is 4.79 Å². The molecule has 6 nitrogen and oxygen atoms in total. The Morgan fingerprint density at radius 3 is 2.74 bits per heavy atom. The Labute approximate surface area is 137 Å². The minimum Gasteiger partial charge on any atom is -0.353 e. The van der Waals surface area contributed by atoms with Gasteiger partial charge in [0.1, 0.15) is 0 Å². The first-order chi connectivity index (χ1) is 11.3. The predicted molar refractivity (Wildman–Crippen MR) is 86.9 cm³/mol. The van der Waals surface area contributed by atoms with Gasteiger partial charge in [0.15, 0.2) is 5.82 Å². The third kappa shape index (κ3) is 5.30. The lowest BCUT2D eigenvalue weighted by Gasteiger charge is -2.22. The van der Waals surface area contributed by atoms with Gasteiger partial charge in [-0.2, -0.15) is 4.98 Å². The molecule has 1 aliphatic carbocycles. The number of aryl methyl sites for hydroxylation is 1. The topological polar surface area (TPSA) is 80.1 Å². The predicted octanol–water partition coefficient (Wildman–Crippen LogP) is 1.99. The van der Waals surface area contributed by atoms with Crippen LogP contribution in [0.2, 0.25) is 0 Å². The second kappa shape index (κ2) is 8.43. The van der Waals surface area contributed by atoms with Crippen LogP contribution in [0.1, 0.15) is 63.1 Å². The van der Waals surface area contributed by atoms with Crippen LogP contribution in [0.15, 0.2) is 4.52 Å². The van der Waals surface area contributed by atoms with E-state index in [0.717, 1.165) is 44.7 Å². The van der Waals surface area contributed by atoms with Crippen LogP contribution in [0.25, 0.3) is 0 Å². The summed E-state index contributed by atoms with van der Waals surface area (Å²) >= 11 is 0. The number of carbonyl (C=O) groups is 1. The highest BCUT2D eigenvalue weighted by molar-refractivity contribution is 5.78. The summed E-state index contributed by atoms with van der Waals surface area (Å²) in [7, 11) is 0. The van der Waals surface area contributed by atoms with Crippen molar-refractivity contribution in [2.75, 3.05) is 13.1 Å². The summed E-state index contributed by atoms with van der Waals surface area (Å²) in [5, 5.41) is 10.4. The Bertz CT molecular complexity index is 491. The highest BCUT2D eigenvalue weighted by atomic mass is 16.5. The Kier molecular flexibility index (Phi) is 6.02. The number of piperidine rings is 1. The van der Waals surface area contributed by atoms with Gasteiger partial charge in [-0.3, -0.25) is 4.79 Å². The lowest BCUT2D eigenvalue weighted by molar-refractivity contribution is -0.121. The molecule has 2 fully saturated rings. The molecule has 2 N–H and O–H groups in total. The maximum atomic E-state index is 12.1. The molecule has 23 heavy (non-hydrogen) atoms. The molecule has 2 heterocycles. The zero-order valence-electron chi connectivity index (χ0n) is 13.9. The molecule has 6 heteroatoms. The summed E-state index contributed by atoms with van der Waals surface area (Å²) in [6.45, 7) is 2.22. The van der Waals surface area contributed by atoms with Crippen molar-refractivity contribution in [2.24, 2.45) is 5.92 Å². The summed E-state index contributed by atoms with van der Waals surface area (Å²) in [5.74, 6) is 1.95. The van der Waals surface area contributed by atoms with Crippen molar-refractivity contribution in [3.63, 3.8) is 0 Å². The molecular weight excluding hydrogens is 292 g/mol. The van der Waals surface area contributed by atoms with Crippen LogP contribution in [-0.2, 0) is 17.6 Å². The molecule has 0 radical (unpaired) electrons. The fourth-order valence-electron chi connectivity index (χ4n) is 3.63. The lowest BCUT2D eigenvalue weighted by Crippen LogP contribution is -2.37. The van der Waals surface area contributed by atoms with E-state index >= 15 is 0 Å². The number of hydrogen-bond donors (Lipinski definition) is 2. The lowest BCUT2D eigenvalue weighted by atomic mass is 9.93. The number of carbonyl (C=O) groups excluding carboxylic acids is 1. The average molecular weight is 320 g/mol. The molecule has 0 bridgehead atoms. The van der Waals surface area contributed by atoms with E-state index in [2.05, 4.69) is 20.8 Å². The van der Waals surface area contributed by atoms with Crippen molar-refractivity contribution >= 4 is 5.91 Å². The molecule has 0 atom stereocenters. The van der Waals surface area contributed by atoms with Gasteiger partial charge in [0.05, 0.1) is 6.42 Å². The second-order valence-electron chi connectivity index (χ2n) is 6.92. The van der Waals surface area contributed by atoms with E-state index in [4.69, 9.17) is 4.52 Å². The van der Waals surface area contributed by atoms with E-state index in [1.807, 2.05) is 0 Å². The van der Waals surface area contributed by atoms with Crippen LogP contribution in [0.3, 0.4) is 0 Å². The Morgan fingerprint density at radius 2 is 1.96 bits per heavy atom. The summed E-state index contributed by atoms with van der Waals surface area (Å²) in [6, 6.07) is 0.336. The zero-order valence-corrected chi connectivity index (χ0v) is 13.9. The smallest absolute Gasteiger partial charge is 0.228 e. The van der Waals surface area contributed by atoms with Gasteiger partial charge in [-0.15, -0.1) is 0 Å². The van der Waals surface area contributed by atoms with Gasteiger partial charge < -0.3 is 15.2 Å². The molecule has 2 aliphatic rings. The van der Waals surface area contributed by atoms with Crippen molar-refractivity contribution < 1.29 is 9.32 Å². The molecular formula is C17H28N4O2. The Balaban J connectivity index is 1.40. The molecule has 3 rings (SSSR count). The molecule has 1 saturated carbocycles. The highest BCUT2D eigenvalue weighted by Gasteiger charge is 2.18. The molecule has 1 aliphatic heterocycles. The first-order valence-electron chi connectivity index (χ1n) is 9.11. The van der Waals surface area contributed by atoms with Crippen LogP contribution in [0, 0.1) is 5.92 Å². The molecule has 0 unspecified atom stereocenters. The fraction of sp³-hybridized carbons (Fsp3) is 0.824. The van der Waals surface area contributed by atoms with Crippen molar-refractivity contribution in [1.82, 2.24) is 20.8 Å². The number of aromatic nitrogens is 2. The average Bonchev–Trinajstić information content (AvgIpc) is 3.02. The van der Waals surface area contributed by atoms with Crippen LogP contribution < -0.4 is 10.6 Å². The molecule has 0 spiro atoms. The molecule has 128 valence electrons. The summed E-state index contributed by atoms with van der Waals surface area (Å²) in [5.41, 5.74) is 0. The zero-order chi connectivity index (χ0) is 15.9. The van der Waals surface area contributed by atoms with Gasteiger partial charge in [0.25, 0.3) is 0 Å². The number of hydrogen-bond acceptors (Lipinski definition) is 5. The number of nitrogens with one attached hydrogen (secondary N) is 2. The normalized spacial score (nSPS) is 20.5. The van der Waals surface area contributed by atoms with Gasteiger partial charge in [-0.25, -0.2) is 0 Å². The quantitative estimate of drug-likeness (QED) is 0.838. The van der Waals surface area contributed by atoms with E-state index in [0.29, 0.717) is 17.8 Å². The van der Waals surface area contributed by atoms with Gasteiger partial charge in [0, 0.05) is 12.5 Å². The standard InChI is InChI=1S/C17H28N4O2/c22-16(19-14-4-2-1-3-5-14)12-15-20-17(23-21-15)7-6-13-8-10-18-11-9-13/h13-14,18H,1-12H2,(H,19,22). The Morgan fingerprint density at radius 1 is 1.17 bits per heavy atom. The van der Waals surface area contributed by atoms with E-state index in [1.54, 1.807) is 0 Å². The van der Waals surface area contributed by atoms with Crippen LogP contribution in [-0.4, -0.2) is 35.2 Å². The van der Waals surface area contributed by atoms with Gasteiger partial charge in [-0.05, 0) is 51.1 Å². The van der Waals surface area contributed by atoms with Crippen molar-refractivity contribution in [1.29, 1.82) is 0 Å². The van der Waals surface area contributed by atoms with Crippen molar-refractivity contribution in [3.8, 4) is 0 Å². The van der Waals surface area contributed by atoms with Gasteiger partial charge in [0.2, 0.25) is 11.8 Å². The van der Waals surface area contributed by atoms with Crippen molar-refractivity contribution in [3.05, 3.63) is 11.7 Å². The summed E-state index contributed by atoms with van der Waals surface area (Å²) in [6.07, 6.45) is 10.5. The first kappa shape index (κ1) is 16.4. The van der Waals surface area contributed by atoms with Gasteiger partial charge >= 0.3 is 0 Å². The Hall–Kier alpha value is -1.43. The third-order valence-corrected chi connectivity index (χ3v) is 5.02. The molecule has 1 amide bonds. The number of amides is 1. The molecule has 1 saturated heterocycles. The fourth-order valence-corrected chi connectivity index (χ4v) is 3.63. The van der Waals surface area contributed by atoms with Crippen molar-refractivity contribution in [2.45, 2.75) is 70.3 Å². The number of rotatable bonds is 6. The molecule has 1 aromatic rings. The van der Waals surface area contributed by atoms with Gasteiger partial charge in [-0.1, -0.05) is 24.4 Å². The maximum absolute atomic E-state index is 12.1. The largest absolute Gasteiger partial charge is 0.353 e. The SMILES string of the molecule is O=C(Cc1noc(CCC2CCNCC2)n1)NC1CCCCC1. The minimum absolute atomic E-state index is 0.0163. The van der Waals surface area contributed by atoms with Crippen LogP contribution in [0.5, 0.6) is 0 Å². The van der Waals surface area contributed by atoms with Crippen LogP contribution >= 0.6 is 0 Å². The minimum atomic E-state index is 0.0163. The van der Waals surface area contributed by atoms with E-state index < -0.39 is 0 Å². The second-order valence-corrected chi connectivity index (χ2v) is 6.92. The van der Waals surface area contributed by atoms with E-state index in [1.165, 1.54) is 32.1 Å². The monoisotopic (exact) mass is 320 g/mol. The van der Waals surface area contributed by atoms with E-state index in [-0.39, 0.29) is 12.3 Å². The first-order valence-corrected chi connectivity index (χ1v) is 9.11. The van der Waals surface area contributed by atoms with Crippen LogP contribution in [0.4, 0.5) is 0 Å². The maximum Gasteiger partial charge on any atom is 0.228 e. The highest BCUT2D eigenvalue weighted by Crippen LogP contribution is 2.19. The molecule has 0 aromatic carbocycles.